The number of hydrogen-bond donors (Lipinski definition) is 1. The number of carbonyl (C=O) groups excluding carboxylic acids is 2. The summed E-state index contributed by atoms with van der Waals surface area (Å²) in [6, 6.07) is 4.72. The molecule has 5 heteroatoms. The maximum absolute atomic E-state index is 13.8. The van der Waals surface area contributed by atoms with Gasteiger partial charge in [0.25, 0.3) is 5.91 Å². The van der Waals surface area contributed by atoms with E-state index in [1.54, 1.807) is 19.1 Å². The molecule has 2 amide bonds. The molecule has 1 fully saturated rings. The third-order valence-corrected chi connectivity index (χ3v) is 3.30. The smallest absolute Gasteiger partial charge is 0.256 e. The van der Waals surface area contributed by atoms with Crippen molar-refractivity contribution in [1.82, 2.24) is 4.90 Å². The van der Waals surface area contributed by atoms with E-state index in [-0.39, 0.29) is 23.9 Å². The number of halogens is 1. The molecule has 1 atom stereocenters. The van der Waals surface area contributed by atoms with Crippen molar-refractivity contribution in [2.75, 3.05) is 13.1 Å². The lowest BCUT2D eigenvalue weighted by Crippen LogP contribution is -2.32. The lowest BCUT2D eigenvalue weighted by molar-refractivity contribution is -0.121. The van der Waals surface area contributed by atoms with Crippen molar-refractivity contribution in [3.05, 3.63) is 35.1 Å². The van der Waals surface area contributed by atoms with E-state index in [0.717, 1.165) is 0 Å². The average Bonchev–Trinajstić information content (AvgIpc) is 2.81. The predicted octanol–water partition coefficient (Wildman–Crippen LogP) is 1.08. The van der Waals surface area contributed by atoms with Crippen molar-refractivity contribution in [1.29, 1.82) is 0 Å². The van der Waals surface area contributed by atoms with E-state index in [0.29, 0.717) is 18.5 Å². The number of primary amides is 1. The van der Waals surface area contributed by atoms with Crippen molar-refractivity contribution < 1.29 is 14.0 Å². The number of nitrogens with two attached hydrogens (primary N) is 1. The summed E-state index contributed by atoms with van der Waals surface area (Å²) in [4.78, 5) is 24.6. The first kappa shape index (κ1) is 12.5. The second-order valence-corrected chi connectivity index (χ2v) is 4.58. The zero-order chi connectivity index (χ0) is 13.3. The van der Waals surface area contributed by atoms with Gasteiger partial charge in [-0.25, -0.2) is 4.39 Å². The van der Waals surface area contributed by atoms with Crippen molar-refractivity contribution in [3.8, 4) is 0 Å². The Labute approximate surface area is 105 Å². The average molecular weight is 250 g/mol. The molecule has 18 heavy (non-hydrogen) atoms. The van der Waals surface area contributed by atoms with Crippen LogP contribution in [0.3, 0.4) is 0 Å². The van der Waals surface area contributed by atoms with E-state index in [1.165, 1.54) is 11.0 Å². The molecule has 0 bridgehead atoms. The van der Waals surface area contributed by atoms with Crippen LogP contribution >= 0.6 is 0 Å². The van der Waals surface area contributed by atoms with E-state index < -0.39 is 11.7 Å². The molecule has 2 rings (SSSR count). The molecular formula is C13H15FN2O2. The summed E-state index contributed by atoms with van der Waals surface area (Å²) in [6.07, 6.45) is 0.550. The van der Waals surface area contributed by atoms with Crippen LogP contribution < -0.4 is 5.73 Å². The maximum atomic E-state index is 13.8. The third kappa shape index (κ3) is 2.20. The van der Waals surface area contributed by atoms with Crippen LogP contribution in [0.2, 0.25) is 0 Å². The van der Waals surface area contributed by atoms with E-state index in [1.807, 2.05) is 0 Å². The molecule has 1 aliphatic rings. The fourth-order valence-corrected chi connectivity index (χ4v) is 2.16. The van der Waals surface area contributed by atoms with E-state index in [4.69, 9.17) is 5.73 Å². The largest absolute Gasteiger partial charge is 0.369 e. The fraction of sp³-hybridized carbons (Fsp3) is 0.385. The number of amides is 2. The molecule has 96 valence electrons. The van der Waals surface area contributed by atoms with E-state index in [2.05, 4.69) is 0 Å². The molecule has 0 aromatic heterocycles. The zero-order valence-electron chi connectivity index (χ0n) is 10.1. The highest BCUT2D eigenvalue weighted by Gasteiger charge is 2.31. The van der Waals surface area contributed by atoms with Crippen LogP contribution in [0.4, 0.5) is 4.39 Å². The number of rotatable bonds is 2. The predicted molar refractivity (Wildman–Crippen MR) is 64.3 cm³/mol. The fourth-order valence-electron chi connectivity index (χ4n) is 2.16. The number of benzene rings is 1. The Balaban J connectivity index is 2.18. The van der Waals surface area contributed by atoms with Crippen LogP contribution in [-0.4, -0.2) is 29.8 Å². The number of likely N-dealkylation sites (tertiary alicyclic amines) is 1. The van der Waals surface area contributed by atoms with Gasteiger partial charge in [-0.3, -0.25) is 9.59 Å². The second-order valence-electron chi connectivity index (χ2n) is 4.58. The molecule has 0 spiro atoms. The third-order valence-electron chi connectivity index (χ3n) is 3.30. The monoisotopic (exact) mass is 250 g/mol. The van der Waals surface area contributed by atoms with Crippen LogP contribution in [0.5, 0.6) is 0 Å². The molecule has 1 unspecified atom stereocenters. The van der Waals surface area contributed by atoms with Gasteiger partial charge in [0.1, 0.15) is 5.82 Å². The first-order chi connectivity index (χ1) is 8.50. The first-order valence-electron chi connectivity index (χ1n) is 5.84. The summed E-state index contributed by atoms with van der Waals surface area (Å²) < 4.78 is 13.8. The standard InChI is InChI=1S/C13H15FN2O2/c1-8-3-2-4-10(11(8)14)13(18)16-6-5-9(7-16)12(15)17/h2-4,9H,5-7H2,1H3,(H2,15,17). The second kappa shape index (κ2) is 4.76. The van der Waals surface area contributed by atoms with Gasteiger partial charge >= 0.3 is 0 Å². The van der Waals surface area contributed by atoms with Crippen LogP contribution in [0.1, 0.15) is 22.3 Å². The van der Waals surface area contributed by atoms with Crippen molar-refractivity contribution in [2.24, 2.45) is 11.7 Å². The minimum absolute atomic E-state index is 0.0557. The molecule has 0 radical (unpaired) electrons. The van der Waals surface area contributed by atoms with Gasteiger partial charge in [0.15, 0.2) is 0 Å². The highest BCUT2D eigenvalue weighted by Crippen LogP contribution is 2.20. The Morgan fingerprint density at radius 1 is 1.44 bits per heavy atom. The van der Waals surface area contributed by atoms with Crippen LogP contribution in [-0.2, 0) is 4.79 Å². The van der Waals surface area contributed by atoms with Crippen LogP contribution in [0.15, 0.2) is 18.2 Å². The SMILES string of the molecule is Cc1cccc(C(=O)N2CCC(C(N)=O)C2)c1F. The molecule has 2 N–H and O–H groups in total. The van der Waals surface area contributed by atoms with E-state index >= 15 is 0 Å². The quantitative estimate of drug-likeness (QED) is 0.853. The highest BCUT2D eigenvalue weighted by molar-refractivity contribution is 5.95. The van der Waals surface area contributed by atoms with Crippen molar-refractivity contribution in [2.45, 2.75) is 13.3 Å². The number of carbonyl (C=O) groups is 2. The summed E-state index contributed by atoms with van der Waals surface area (Å²) in [7, 11) is 0. The number of nitrogens with zero attached hydrogens (tertiary/aromatic N) is 1. The van der Waals surface area contributed by atoms with Gasteiger partial charge in [0.05, 0.1) is 11.5 Å². The van der Waals surface area contributed by atoms with Gasteiger partial charge < -0.3 is 10.6 Å². The molecule has 1 aromatic rings. The van der Waals surface area contributed by atoms with Crippen LogP contribution in [0, 0.1) is 18.7 Å². The van der Waals surface area contributed by atoms with Crippen LogP contribution in [0.25, 0.3) is 0 Å². The Kier molecular flexibility index (Phi) is 3.32. The van der Waals surface area contributed by atoms with Gasteiger partial charge in [0.2, 0.25) is 5.91 Å². The van der Waals surface area contributed by atoms with Crippen molar-refractivity contribution >= 4 is 11.8 Å². The van der Waals surface area contributed by atoms with Gasteiger partial charge in [-0.2, -0.15) is 0 Å². The number of hydrogen-bond acceptors (Lipinski definition) is 2. The number of aryl methyl sites for hydroxylation is 1. The normalized spacial score (nSPS) is 19.0. The Morgan fingerprint density at radius 2 is 2.17 bits per heavy atom. The zero-order valence-corrected chi connectivity index (χ0v) is 10.1. The van der Waals surface area contributed by atoms with Gasteiger partial charge in [-0.15, -0.1) is 0 Å². The summed E-state index contributed by atoms with van der Waals surface area (Å²) in [6.45, 7) is 2.34. The molecule has 1 heterocycles. The minimum atomic E-state index is -0.495. The maximum Gasteiger partial charge on any atom is 0.256 e. The van der Waals surface area contributed by atoms with Gasteiger partial charge in [0, 0.05) is 13.1 Å². The summed E-state index contributed by atoms with van der Waals surface area (Å²) in [5.41, 5.74) is 5.69. The highest BCUT2D eigenvalue weighted by atomic mass is 19.1. The minimum Gasteiger partial charge on any atom is -0.369 e. The summed E-state index contributed by atoms with van der Waals surface area (Å²) >= 11 is 0. The molecule has 0 saturated carbocycles. The molecule has 0 aliphatic carbocycles. The topological polar surface area (TPSA) is 63.4 Å². The lowest BCUT2D eigenvalue weighted by atomic mass is 10.1. The molecule has 1 aliphatic heterocycles. The Bertz CT molecular complexity index is 502. The molecular weight excluding hydrogens is 235 g/mol. The summed E-state index contributed by atoms with van der Waals surface area (Å²) in [5, 5.41) is 0. The Morgan fingerprint density at radius 3 is 2.78 bits per heavy atom. The van der Waals surface area contributed by atoms with Gasteiger partial charge in [-0.1, -0.05) is 12.1 Å². The lowest BCUT2D eigenvalue weighted by Gasteiger charge is -2.16. The van der Waals surface area contributed by atoms with E-state index in [9.17, 15) is 14.0 Å². The molecule has 1 aromatic carbocycles. The summed E-state index contributed by atoms with van der Waals surface area (Å²) in [5.74, 6) is -1.60. The Hall–Kier alpha value is -1.91. The first-order valence-corrected chi connectivity index (χ1v) is 5.84. The van der Waals surface area contributed by atoms with Crippen molar-refractivity contribution in [3.63, 3.8) is 0 Å². The molecule has 4 nitrogen and oxygen atoms in total. The molecule has 1 saturated heterocycles. The van der Waals surface area contributed by atoms with Gasteiger partial charge in [-0.05, 0) is 25.0 Å².